The summed E-state index contributed by atoms with van der Waals surface area (Å²) in [6.45, 7) is 0.297. The second kappa shape index (κ2) is 9.04. The fourth-order valence-corrected chi connectivity index (χ4v) is 2.98. The molecule has 0 bridgehead atoms. The minimum Gasteiger partial charge on any atom is -0.497 e. The molecule has 0 radical (unpaired) electrons. The fourth-order valence-electron chi connectivity index (χ4n) is 2.98. The summed E-state index contributed by atoms with van der Waals surface area (Å²) in [6.07, 6.45) is 4.73. The van der Waals surface area contributed by atoms with Gasteiger partial charge in [-0.1, -0.05) is 18.2 Å². The second-order valence-electron chi connectivity index (χ2n) is 6.74. The van der Waals surface area contributed by atoms with Crippen LogP contribution in [0.2, 0.25) is 0 Å². The summed E-state index contributed by atoms with van der Waals surface area (Å²) in [4.78, 5) is 16.6. The normalized spacial score (nSPS) is 10.7. The maximum atomic E-state index is 12.2. The van der Waals surface area contributed by atoms with Gasteiger partial charge in [-0.05, 0) is 48.4 Å². The van der Waals surface area contributed by atoms with Gasteiger partial charge in [0.25, 0.3) is 0 Å². The van der Waals surface area contributed by atoms with Crippen LogP contribution in [0.5, 0.6) is 5.75 Å². The highest BCUT2D eigenvalue weighted by Crippen LogP contribution is 2.18. The number of aromatic amines is 1. The molecule has 152 valence electrons. The highest BCUT2D eigenvalue weighted by molar-refractivity contribution is 5.76. The summed E-state index contributed by atoms with van der Waals surface area (Å²) >= 11 is 0. The second-order valence-corrected chi connectivity index (χ2v) is 6.74. The Morgan fingerprint density at radius 2 is 1.93 bits per heavy atom. The van der Waals surface area contributed by atoms with Gasteiger partial charge in [-0.25, -0.2) is 9.67 Å². The largest absolute Gasteiger partial charge is 0.497 e. The number of benzene rings is 2. The van der Waals surface area contributed by atoms with E-state index in [1.165, 1.54) is 0 Å². The Morgan fingerprint density at radius 1 is 1.13 bits per heavy atom. The van der Waals surface area contributed by atoms with E-state index in [0.717, 1.165) is 22.6 Å². The first-order valence-corrected chi connectivity index (χ1v) is 9.62. The van der Waals surface area contributed by atoms with Crippen LogP contribution in [0.15, 0.2) is 67.0 Å². The molecule has 0 fully saturated rings. The lowest BCUT2D eigenvalue weighted by Crippen LogP contribution is -2.23. The summed E-state index contributed by atoms with van der Waals surface area (Å²) in [6, 6.07) is 17.4. The summed E-state index contributed by atoms with van der Waals surface area (Å²) in [5, 5.41) is 14.3. The SMILES string of the molecule is COc1ccc(-c2n[nH]c(CNC(=O)CCc3cnn(-c4ccccc4)c3)n2)cc1. The molecule has 0 aliphatic carbocycles. The summed E-state index contributed by atoms with van der Waals surface area (Å²) in [5.41, 5.74) is 2.88. The van der Waals surface area contributed by atoms with Crippen molar-refractivity contribution < 1.29 is 9.53 Å². The minimum absolute atomic E-state index is 0.0511. The molecule has 0 unspecified atom stereocenters. The summed E-state index contributed by atoms with van der Waals surface area (Å²) in [7, 11) is 1.62. The van der Waals surface area contributed by atoms with Crippen molar-refractivity contribution in [3.63, 3.8) is 0 Å². The number of ether oxygens (including phenoxy) is 1. The van der Waals surface area contributed by atoms with Crippen LogP contribution in [-0.4, -0.2) is 38.0 Å². The van der Waals surface area contributed by atoms with Gasteiger partial charge in [-0.3, -0.25) is 9.89 Å². The zero-order chi connectivity index (χ0) is 20.8. The molecule has 0 spiro atoms. The number of carbonyl (C=O) groups excluding carboxylic acids is 1. The van der Waals surface area contributed by atoms with Crippen molar-refractivity contribution in [1.29, 1.82) is 0 Å². The predicted molar refractivity (Wildman–Crippen MR) is 112 cm³/mol. The van der Waals surface area contributed by atoms with Crippen LogP contribution in [-0.2, 0) is 17.8 Å². The summed E-state index contributed by atoms with van der Waals surface area (Å²) < 4.78 is 6.96. The molecule has 0 aliphatic heterocycles. The van der Waals surface area contributed by atoms with Crippen molar-refractivity contribution in [2.75, 3.05) is 7.11 Å². The molecule has 1 amide bonds. The van der Waals surface area contributed by atoms with E-state index in [-0.39, 0.29) is 5.91 Å². The molecule has 0 aliphatic rings. The van der Waals surface area contributed by atoms with Gasteiger partial charge >= 0.3 is 0 Å². The third kappa shape index (κ3) is 4.72. The van der Waals surface area contributed by atoms with Crippen molar-refractivity contribution >= 4 is 5.91 Å². The molecule has 8 nitrogen and oxygen atoms in total. The lowest BCUT2D eigenvalue weighted by atomic mass is 10.2. The van der Waals surface area contributed by atoms with Gasteiger partial charge in [0.05, 0.1) is 25.5 Å². The van der Waals surface area contributed by atoms with Gasteiger partial charge in [-0.2, -0.15) is 10.2 Å². The van der Waals surface area contributed by atoms with Crippen molar-refractivity contribution in [2.45, 2.75) is 19.4 Å². The molecule has 2 heterocycles. The average Bonchev–Trinajstić information content (AvgIpc) is 3.47. The van der Waals surface area contributed by atoms with Crippen molar-refractivity contribution in [1.82, 2.24) is 30.3 Å². The Bertz CT molecular complexity index is 1100. The standard InChI is InChI=1S/C22H22N6O2/c1-30-19-10-8-17(9-11-19)22-25-20(26-27-22)14-23-21(29)12-7-16-13-24-28(15-16)18-5-3-2-4-6-18/h2-6,8-11,13,15H,7,12,14H2,1H3,(H,23,29)(H,25,26,27). The number of carbonyl (C=O) groups is 1. The van der Waals surface area contributed by atoms with Crippen molar-refractivity contribution in [3.05, 3.63) is 78.4 Å². The van der Waals surface area contributed by atoms with Crippen LogP contribution in [0.4, 0.5) is 0 Å². The molecular formula is C22H22N6O2. The molecule has 0 saturated heterocycles. The zero-order valence-corrected chi connectivity index (χ0v) is 16.6. The number of aryl methyl sites for hydroxylation is 1. The van der Waals surface area contributed by atoms with Crippen LogP contribution in [0.25, 0.3) is 17.1 Å². The number of amides is 1. The van der Waals surface area contributed by atoms with Gasteiger partial charge in [0, 0.05) is 18.2 Å². The number of nitrogens with zero attached hydrogens (tertiary/aromatic N) is 4. The quantitative estimate of drug-likeness (QED) is 0.472. The van der Waals surface area contributed by atoms with Crippen LogP contribution < -0.4 is 10.1 Å². The number of methoxy groups -OCH3 is 1. The Kier molecular flexibility index (Phi) is 5.84. The average molecular weight is 402 g/mol. The van der Waals surface area contributed by atoms with Gasteiger partial charge in [0.15, 0.2) is 5.82 Å². The van der Waals surface area contributed by atoms with Gasteiger partial charge in [0.1, 0.15) is 11.6 Å². The number of rotatable bonds is 8. The van der Waals surface area contributed by atoms with Crippen molar-refractivity contribution in [2.24, 2.45) is 0 Å². The Labute approximate surface area is 173 Å². The molecule has 0 saturated carbocycles. The Hall–Kier alpha value is -3.94. The number of H-pyrrole nitrogens is 1. The lowest BCUT2D eigenvalue weighted by molar-refractivity contribution is -0.121. The lowest BCUT2D eigenvalue weighted by Gasteiger charge is -2.02. The minimum atomic E-state index is -0.0511. The maximum Gasteiger partial charge on any atom is 0.220 e. The topological polar surface area (TPSA) is 97.7 Å². The number of nitrogens with one attached hydrogen (secondary N) is 2. The van der Waals surface area contributed by atoms with E-state index >= 15 is 0 Å². The van der Waals surface area contributed by atoms with E-state index in [1.54, 1.807) is 13.3 Å². The smallest absolute Gasteiger partial charge is 0.220 e. The van der Waals surface area contributed by atoms with Gasteiger partial charge in [0.2, 0.25) is 5.91 Å². The first-order chi connectivity index (χ1) is 14.7. The molecule has 2 aromatic heterocycles. The van der Waals surface area contributed by atoms with Crippen molar-refractivity contribution in [3.8, 4) is 22.8 Å². The third-order valence-corrected chi connectivity index (χ3v) is 4.63. The first kappa shape index (κ1) is 19.4. The molecule has 4 rings (SSSR count). The van der Waals surface area contributed by atoms with E-state index in [0.29, 0.717) is 31.0 Å². The number of aromatic nitrogens is 5. The molecule has 0 atom stereocenters. The first-order valence-electron chi connectivity index (χ1n) is 9.62. The van der Waals surface area contributed by atoms with E-state index in [2.05, 4.69) is 25.6 Å². The monoisotopic (exact) mass is 402 g/mol. The van der Waals surface area contributed by atoms with Gasteiger partial charge in [-0.15, -0.1) is 0 Å². The highest BCUT2D eigenvalue weighted by atomic mass is 16.5. The Balaban J connectivity index is 1.26. The molecule has 30 heavy (non-hydrogen) atoms. The van der Waals surface area contributed by atoms with Crippen LogP contribution in [0.1, 0.15) is 17.8 Å². The van der Waals surface area contributed by atoms with E-state index in [9.17, 15) is 4.79 Å². The van der Waals surface area contributed by atoms with Gasteiger partial charge < -0.3 is 10.1 Å². The summed E-state index contributed by atoms with van der Waals surface area (Å²) in [5.74, 6) is 1.90. The number of hydrogen-bond donors (Lipinski definition) is 2. The van der Waals surface area contributed by atoms with Crippen LogP contribution in [0, 0.1) is 0 Å². The number of hydrogen-bond acceptors (Lipinski definition) is 5. The maximum absolute atomic E-state index is 12.2. The predicted octanol–water partition coefficient (Wildman–Crippen LogP) is 2.92. The third-order valence-electron chi connectivity index (χ3n) is 4.63. The van der Waals surface area contributed by atoms with Crippen LogP contribution >= 0.6 is 0 Å². The van der Waals surface area contributed by atoms with E-state index in [1.807, 2.05) is 65.5 Å². The highest BCUT2D eigenvalue weighted by Gasteiger charge is 2.09. The molecule has 4 aromatic rings. The number of para-hydroxylation sites is 1. The molecule has 8 heteroatoms. The van der Waals surface area contributed by atoms with Crippen LogP contribution in [0.3, 0.4) is 0 Å². The fraction of sp³-hybridized carbons (Fsp3) is 0.182. The molecular weight excluding hydrogens is 380 g/mol. The molecule has 2 N–H and O–H groups in total. The Morgan fingerprint density at radius 3 is 2.70 bits per heavy atom. The van der Waals surface area contributed by atoms with E-state index in [4.69, 9.17) is 4.74 Å². The van der Waals surface area contributed by atoms with E-state index < -0.39 is 0 Å². The molecule has 2 aromatic carbocycles. The zero-order valence-electron chi connectivity index (χ0n) is 16.6.